The Bertz CT molecular complexity index is 190. The second-order valence-corrected chi connectivity index (χ2v) is 3.91. The molecule has 0 rings (SSSR count). The molecule has 4 N–H and O–H groups in total. The summed E-state index contributed by atoms with van der Waals surface area (Å²) in [6.45, 7) is 0.285. The van der Waals surface area contributed by atoms with Crippen molar-refractivity contribution in [2.45, 2.75) is 0 Å². The molecule has 0 aliphatic heterocycles. The molecule has 0 saturated heterocycles. The quantitative estimate of drug-likeness (QED) is 0.253. The number of aliphatic imine (C=N–C) groups is 1. The van der Waals surface area contributed by atoms with Crippen LogP contribution < -0.4 is 5.73 Å². The maximum Gasteiger partial charge on any atom is 0.333 e. The number of hydrogen-bond acceptors (Lipinski definition) is 2. The number of amidine groups is 1. The first-order chi connectivity index (χ1) is 4.95. The molecule has 0 atom stereocenters. The average molecular weight is 201 g/mol. The highest BCUT2D eigenvalue weighted by molar-refractivity contribution is 7.52. The SMILES string of the molecule is NC(CP(=O)(O)O)=NCCCl. The summed E-state index contributed by atoms with van der Waals surface area (Å²) in [5.41, 5.74) is 5.15. The molecule has 0 spiro atoms. The third kappa shape index (κ3) is 7.81. The van der Waals surface area contributed by atoms with E-state index in [4.69, 9.17) is 27.1 Å². The highest BCUT2D eigenvalue weighted by Gasteiger charge is 2.14. The second kappa shape index (κ2) is 4.72. The van der Waals surface area contributed by atoms with E-state index in [1.165, 1.54) is 0 Å². The van der Waals surface area contributed by atoms with E-state index < -0.39 is 13.8 Å². The summed E-state index contributed by atoms with van der Waals surface area (Å²) >= 11 is 5.26. The van der Waals surface area contributed by atoms with Gasteiger partial charge in [0.15, 0.2) is 0 Å². The van der Waals surface area contributed by atoms with Crippen molar-refractivity contribution < 1.29 is 14.4 Å². The van der Waals surface area contributed by atoms with Crippen LogP contribution in [0.15, 0.2) is 4.99 Å². The van der Waals surface area contributed by atoms with E-state index >= 15 is 0 Å². The molecule has 5 nitrogen and oxygen atoms in total. The van der Waals surface area contributed by atoms with Crippen molar-refractivity contribution in [1.82, 2.24) is 0 Å². The fourth-order valence-electron chi connectivity index (χ4n) is 0.447. The fourth-order valence-corrected chi connectivity index (χ4v) is 1.05. The van der Waals surface area contributed by atoms with Gasteiger partial charge >= 0.3 is 7.60 Å². The van der Waals surface area contributed by atoms with Crippen LogP contribution in [-0.2, 0) is 4.57 Å². The summed E-state index contributed by atoms with van der Waals surface area (Å²) in [6, 6.07) is 0. The van der Waals surface area contributed by atoms with Gasteiger partial charge in [-0.25, -0.2) is 0 Å². The summed E-state index contributed by atoms with van der Waals surface area (Å²) in [6.07, 6.45) is -0.496. The molecule has 0 aromatic rings. The zero-order valence-corrected chi connectivity index (χ0v) is 7.42. The van der Waals surface area contributed by atoms with Gasteiger partial charge in [-0.2, -0.15) is 0 Å². The Balaban J connectivity index is 3.86. The third-order valence-electron chi connectivity index (χ3n) is 0.767. The van der Waals surface area contributed by atoms with Crippen molar-refractivity contribution in [3.8, 4) is 0 Å². The Morgan fingerprint density at radius 1 is 1.64 bits per heavy atom. The van der Waals surface area contributed by atoms with Crippen LogP contribution in [0.5, 0.6) is 0 Å². The Kier molecular flexibility index (Phi) is 4.68. The Labute approximate surface area is 69.4 Å². The van der Waals surface area contributed by atoms with Gasteiger partial charge in [0, 0.05) is 5.88 Å². The molecule has 7 heteroatoms. The Morgan fingerprint density at radius 2 is 2.18 bits per heavy atom. The first kappa shape index (κ1) is 10.9. The predicted octanol–water partition coefficient (Wildman–Crippen LogP) is -0.240. The molecule has 0 amide bonds. The van der Waals surface area contributed by atoms with Crippen LogP contribution in [0.25, 0.3) is 0 Å². The van der Waals surface area contributed by atoms with E-state index in [1.54, 1.807) is 0 Å². The van der Waals surface area contributed by atoms with Gasteiger partial charge in [-0.05, 0) is 0 Å². The lowest BCUT2D eigenvalue weighted by molar-refractivity contribution is 0.378. The van der Waals surface area contributed by atoms with Gasteiger partial charge in [0.1, 0.15) is 12.0 Å². The van der Waals surface area contributed by atoms with Crippen molar-refractivity contribution >= 4 is 25.0 Å². The monoisotopic (exact) mass is 200 g/mol. The van der Waals surface area contributed by atoms with Crippen molar-refractivity contribution in [3.05, 3.63) is 0 Å². The maximum absolute atomic E-state index is 10.3. The molecule has 0 heterocycles. The van der Waals surface area contributed by atoms with Crippen LogP contribution in [0.3, 0.4) is 0 Å². The predicted molar refractivity (Wildman–Crippen MR) is 44.1 cm³/mol. The number of halogens is 1. The number of nitrogens with two attached hydrogens (primary N) is 1. The van der Waals surface area contributed by atoms with Gasteiger partial charge in [-0.1, -0.05) is 0 Å². The van der Waals surface area contributed by atoms with Crippen molar-refractivity contribution in [3.63, 3.8) is 0 Å². The number of rotatable bonds is 4. The van der Waals surface area contributed by atoms with Crippen molar-refractivity contribution in [2.75, 3.05) is 18.6 Å². The molecule has 0 radical (unpaired) electrons. The summed E-state index contributed by atoms with van der Waals surface area (Å²) in [7, 11) is -4.06. The van der Waals surface area contributed by atoms with Crippen LogP contribution in [0.1, 0.15) is 0 Å². The van der Waals surface area contributed by atoms with Crippen LogP contribution in [0.4, 0.5) is 0 Å². The molecule has 0 aromatic heterocycles. The minimum Gasteiger partial charge on any atom is -0.387 e. The summed E-state index contributed by atoms with van der Waals surface area (Å²) < 4.78 is 10.3. The molecule has 66 valence electrons. The Hall–Kier alpha value is -0.0900. The zero-order chi connectivity index (χ0) is 8.91. The van der Waals surface area contributed by atoms with Gasteiger partial charge in [-0.15, -0.1) is 11.6 Å². The number of nitrogens with zero attached hydrogens (tertiary/aromatic N) is 1. The minimum absolute atomic E-state index is 0.0565. The lowest BCUT2D eigenvalue weighted by atomic mass is 10.7. The normalized spacial score (nSPS) is 13.5. The van der Waals surface area contributed by atoms with Gasteiger partial charge in [-0.3, -0.25) is 9.56 Å². The van der Waals surface area contributed by atoms with E-state index in [0.717, 1.165) is 0 Å². The molecule has 0 aliphatic carbocycles. The first-order valence-electron chi connectivity index (χ1n) is 2.85. The standard InChI is InChI=1S/C4H10ClN2O3P/c5-1-2-7-4(6)3-11(8,9)10/h1-3H2,(H2,6,7)(H2,8,9,10). The maximum atomic E-state index is 10.3. The molecule has 0 aliphatic rings. The van der Waals surface area contributed by atoms with E-state index in [9.17, 15) is 4.57 Å². The van der Waals surface area contributed by atoms with Gasteiger partial charge in [0.2, 0.25) is 0 Å². The number of alkyl halides is 1. The smallest absolute Gasteiger partial charge is 0.333 e. The summed E-state index contributed by atoms with van der Waals surface area (Å²) in [5.74, 6) is 0.237. The van der Waals surface area contributed by atoms with Gasteiger partial charge in [0.05, 0.1) is 6.54 Å². The molecular weight excluding hydrogens is 190 g/mol. The van der Waals surface area contributed by atoms with Crippen LogP contribution in [0.2, 0.25) is 0 Å². The van der Waals surface area contributed by atoms with E-state index in [-0.39, 0.29) is 12.4 Å². The largest absolute Gasteiger partial charge is 0.387 e. The van der Waals surface area contributed by atoms with E-state index in [2.05, 4.69) is 4.99 Å². The second-order valence-electron chi connectivity index (χ2n) is 1.88. The van der Waals surface area contributed by atoms with Gasteiger partial charge < -0.3 is 15.5 Å². The molecular formula is C4H10ClN2O3P. The first-order valence-corrected chi connectivity index (χ1v) is 5.18. The Morgan fingerprint density at radius 3 is 2.55 bits per heavy atom. The van der Waals surface area contributed by atoms with Crippen molar-refractivity contribution in [2.24, 2.45) is 10.7 Å². The molecule has 0 aromatic carbocycles. The number of hydrogen-bond donors (Lipinski definition) is 3. The van der Waals surface area contributed by atoms with Crippen LogP contribution >= 0.6 is 19.2 Å². The molecule has 0 saturated carbocycles. The van der Waals surface area contributed by atoms with E-state index in [0.29, 0.717) is 5.88 Å². The van der Waals surface area contributed by atoms with Gasteiger partial charge in [0.25, 0.3) is 0 Å². The fraction of sp³-hybridized carbons (Fsp3) is 0.750. The summed E-state index contributed by atoms with van der Waals surface area (Å²) in [4.78, 5) is 20.4. The minimum atomic E-state index is -4.06. The molecule has 0 fully saturated rings. The highest BCUT2D eigenvalue weighted by atomic mass is 35.5. The van der Waals surface area contributed by atoms with Crippen molar-refractivity contribution in [1.29, 1.82) is 0 Å². The third-order valence-corrected chi connectivity index (χ3v) is 1.67. The lowest BCUT2D eigenvalue weighted by Crippen LogP contribution is -2.17. The molecule has 0 bridgehead atoms. The van der Waals surface area contributed by atoms with Crippen LogP contribution in [0, 0.1) is 0 Å². The average Bonchev–Trinajstić information content (AvgIpc) is 1.79. The molecule has 11 heavy (non-hydrogen) atoms. The lowest BCUT2D eigenvalue weighted by Gasteiger charge is -2.01. The topological polar surface area (TPSA) is 95.9 Å². The molecule has 0 unspecified atom stereocenters. The van der Waals surface area contributed by atoms with Crippen LogP contribution in [-0.4, -0.2) is 34.2 Å². The van der Waals surface area contributed by atoms with E-state index in [1.807, 2.05) is 0 Å². The summed E-state index contributed by atoms with van der Waals surface area (Å²) in [5, 5.41) is 0. The highest BCUT2D eigenvalue weighted by Crippen LogP contribution is 2.33. The zero-order valence-electron chi connectivity index (χ0n) is 5.77.